The smallest absolute Gasteiger partial charge is 0.254 e. The largest absolute Gasteiger partial charge is 0.334 e. The molecule has 0 atom stereocenters. The molecule has 1 amide bonds. The number of carbonyl (C=O) groups is 1. The quantitative estimate of drug-likeness (QED) is 0.800. The van der Waals surface area contributed by atoms with E-state index in [-0.39, 0.29) is 11.7 Å². The van der Waals surface area contributed by atoms with Crippen LogP contribution in [0.4, 0.5) is 4.39 Å². The van der Waals surface area contributed by atoms with Crippen molar-refractivity contribution in [3.05, 3.63) is 70.5 Å². The molecule has 0 radical (unpaired) electrons. The van der Waals surface area contributed by atoms with Crippen LogP contribution in [0.15, 0.2) is 42.5 Å². The van der Waals surface area contributed by atoms with Crippen LogP contribution in [0.25, 0.3) is 0 Å². The van der Waals surface area contributed by atoms with Crippen molar-refractivity contribution < 1.29 is 9.18 Å². The first-order valence-corrected chi connectivity index (χ1v) is 9.91. The molecule has 0 N–H and O–H groups in total. The maximum Gasteiger partial charge on any atom is 0.254 e. The normalized spacial score (nSPS) is 17.6. The molecular formula is C23H24FN3O. The SMILES string of the molecule is N#Cc1ccc2c(c1)CN(CC1CCN(CCc3ccc(F)cc3)CC1)C2=O. The van der Waals surface area contributed by atoms with Gasteiger partial charge in [-0.1, -0.05) is 12.1 Å². The molecule has 2 heterocycles. The number of hydrogen-bond donors (Lipinski definition) is 0. The number of nitriles is 1. The van der Waals surface area contributed by atoms with E-state index in [4.69, 9.17) is 5.26 Å². The van der Waals surface area contributed by atoms with Gasteiger partial charge in [-0.3, -0.25) is 4.79 Å². The number of piperidine rings is 1. The molecule has 0 spiro atoms. The topological polar surface area (TPSA) is 47.3 Å². The third kappa shape index (κ3) is 4.07. The lowest BCUT2D eigenvalue weighted by molar-refractivity contribution is 0.0714. The van der Waals surface area contributed by atoms with Crippen molar-refractivity contribution in [1.82, 2.24) is 9.80 Å². The molecule has 0 saturated carbocycles. The van der Waals surface area contributed by atoms with Gasteiger partial charge in [0.25, 0.3) is 5.91 Å². The van der Waals surface area contributed by atoms with Gasteiger partial charge >= 0.3 is 0 Å². The lowest BCUT2D eigenvalue weighted by Crippen LogP contribution is -2.39. The minimum absolute atomic E-state index is 0.0956. The van der Waals surface area contributed by atoms with E-state index in [1.807, 2.05) is 23.1 Å². The van der Waals surface area contributed by atoms with Crippen molar-refractivity contribution in [3.63, 3.8) is 0 Å². The Kier molecular flexibility index (Phi) is 5.40. The summed E-state index contributed by atoms with van der Waals surface area (Å²) in [5.41, 5.74) is 3.50. The second-order valence-electron chi connectivity index (χ2n) is 7.83. The summed E-state index contributed by atoms with van der Waals surface area (Å²) in [6, 6.07) is 14.2. The van der Waals surface area contributed by atoms with Crippen LogP contribution in [0.1, 0.15) is 39.9 Å². The first-order valence-electron chi connectivity index (χ1n) is 9.91. The van der Waals surface area contributed by atoms with Gasteiger partial charge in [-0.15, -0.1) is 0 Å². The van der Waals surface area contributed by atoms with Crippen molar-refractivity contribution in [2.24, 2.45) is 5.92 Å². The Hall–Kier alpha value is -2.71. The van der Waals surface area contributed by atoms with Gasteiger partial charge in [0, 0.05) is 25.2 Å². The molecule has 0 unspecified atom stereocenters. The highest BCUT2D eigenvalue weighted by Crippen LogP contribution is 2.27. The van der Waals surface area contributed by atoms with E-state index in [1.165, 1.54) is 17.7 Å². The number of rotatable bonds is 5. The molecule has 4 nitrogen and oxygen atoms in total. The van der Waals surface area contributed by atoms with E-state index in [2.05, 4.69) is 11.0 Å². The Morgan fingerprint density at radius 1 is 1.11 bits per heavy atom. The van der Waals surface area contributed by atoms with E-state index in [0.717, 1.165) is 56.6 Å². The standard InChI is InChI=1S/C23H24FN3O/c24-21-4-1-17(2-5-21)7-10-26-11-8-18(9-12-26)15-27-16-20-13-19(14-25)3-6-22(20)23(27)28/h1-6,13,18H,7-12,15-16H2. The Labute approximate surface area is 165 Å². The number of hydrogen-bond acceptors (Lipinski definition) is 3. The van der Waals surface area contributed by atoms with Crippen molar-refractivity contribution in [1.29, 1.82) is 5.26 Å². The molecule has 2 aromatic carbocycles. The summed E-state index contributed by atoms with van der Waals surface area (Å²) in [7, 11) is 0. The van der Waals surface area contributed by atoms with Crippen molar-refractivity contribution in [2.75, 3.05) is 26.2 Å². The second kappa shape index (κ2) is 8.12. The zero-order valence-electron chi connectivity index (χ0n) is 15.9. The van der Waals surface area contributed by atoms with Crippen LogP contribution in [0.5, 0.6) is 0 Å². The monoisotopic (exact) mass is 377 g/mol. The zero-order chi connectivity index (χ0) is 19.5. The highest BCUT2D eigenvalue weighted by molar-refractivity contribution is 5.98. The third-order valence-electron chi connectivity index (χ3n) is 5.93. The summed E-state index contributed by atoms with van der Waals surface area (Å²) in [4.78, 5) is 17.0. The highest BCUT2D eigenvalue weighted by Gasteiger charge is 2.30. The molecule has 28 heavy (non-hydrogen) atoms. The summed E-state index contributed by atoms with van der Waals surface area (Å²) in [5, 5.41) is 9.05. The highest BCUT2D eigenvalue weighted by atomic mass is 19.1. The average Bonchev–Trinajstić information content (AvgIpc) is 3.03. The molecule has 0 aliphatic carbocycles. The molecular weight excluding hydrogens is 353 g/mol. The van der Waals surface area contributed by atoms with E-state index >= 15 is 0 Å². The van der Waals surface area contributed by atoms with Crippen LogP contribution in [-0.2, 0) is 13.0 Å². The molecule has 0 aromatic heterocycles. The van der Waals surface area contributed by atoms with Gasteiger partial charge < -0.3 is 9.80 Å². The van der Waals surface area contributed by atoms with E-state index in [0.29, 0.717) is 18.0 Å². The zero-order valence-corrected chi connectivity index (χ0v) is 15.9. The number of likely N-dealkylation sites (tertiary alicyclic amines) is 1. The molecule has 4 rings (SSSR count). The predicted molar refractivity (Wildman–Crippen MR) is 105 cm³/mol. The van der Waals surface area contributed by atoms with Gasteiger partial charge in [0.2, 0.25) is 0 Å². The van der Waals surface area contributed by atoms with E-state index < -0.39 is 0 Å². The predicted octanol–water partition coefficient (Wildman–Crippen LogP) is 3.61. The lowest BCUT2D eigenvalue weighted by Gasteiger charge is -2.33. The fourth-order valence-electron chi connectivity index (χ4n) is 4.24. The Bertz CT molecular complexity index is 895. The van der Waals surface area contributed by atoms with E-state index in [1.54, 1.807) is 12.1 Å². The third-order valence-corrected chi connectivity index (χ3v) is 5.93. The van der Waals surface area contributed by atoms with Crippen LogP contribution in [0.3, 0.4) is 0 Å². The summed E-state index contributed by atoms with van der Waals surface area (Å²) >= 11 is 0. The first-order chi connectivity index (χ1) is 13.6. The maximum absolute atomic E-state index is 13.0. The number of halogens is 1. The van der Waals surface area contributed by atoms with Gasteiger partial charge in [0.05, 0.1) is 11.6 Å². The number of fused-ring (bicyclic) bond motifs is 1. The Morgan fingerprint density at radius 2 is 1.86 bits per heavy atom. The number of amides is 1. The molecule has 5 heteroatoms. The lowest BCUT2D eigenvalue weighted by atomic mass is 9.96. The number of nitrogens with zero attached hydrogens (tertiary/aromatic N) is 3. The molecule has 144 valence electrons. The average molecular weight is 377 g/mol. The second-order valence-corrected chi connectivity index (χ2v) is 7.83. The number of carbonyl (C=O) groups excluding carboxylic acids is 1. The summed E-state index contributed by atoms with van der Waals surface area (Å²) in [6.45, 7) is 4.48. The van der Waals surface area contributed by atoms with Gasteiger partial charge in [0.1, 0.15) is 5.82 Å². The van der Waals surface area contributed by atoms with Gasteiger partial charge in [-0.05, 0) is 79.7 Å². The van der Waals surface area contributed by atoms with E-state index in [9.17, 15) is 9.18 Å². The summed E-state index contributed by atoms with van der Waals surface area (Å²) in [6.07, 6.45) is 3.12. The molecule has 1 saturated heterocycles. The molecule has 2 aromatic rings. The van der Waals surface area contributed by atoms with Crippen LogP contribution in [0, 0.1) is 23.1 Å². The molecule has 1 fully saturated rings. The minimum atomic E-state index is -0.188. The van der Waals surface area contributed by atoms with Gasteiger partial charge in [-0.25, -0.2) is 4.39 Å². The fourth-order valence-corrected chi connectivity index (χ4v) is 4.24. The Morgan fingerprint density at radius 3 is 2.57 bits per heavy atom. The molecule has 0 bridgehead atoms. The van der Waals surface area contributed by atoms with Crippen LogP contribution >= 0.6 is 0 Å². The van der Waals surface area contributed by atoms with Crippen molar-refractivity contribution in [2.45, 2.75) is 25.8 Å². The fraction of sp³-hybridized carbons (Fsp3) is 0.391. The summed E-state index contributed by atoms with van der Waals surface area (Å²) < 4.78 is 13.0. The van der Waals surface area contributed by atoms with Crippen molar-refractivity contribution in [3.8, 4) is 6.07 Å². The molecule has 2 aliphatic rings. The van der Waals surface area contributed by atoms with Gasteiger partial charge in [-0.2, -0.15) is 5.26 Å². The summed E-state index contributed by atoms with van der Waals surface area (Å²) in [5.74, 6) is 0.432. The number of benzene rings is 2. The Balaban J connectivity index is 1.25. The van der Waals surface area contributed by atoms with Gasteiger partial charge in [0.15, 0.2) is 0 Å². The first kappa shape index (κ1) is 18.6. The van der Waals surface area contributed by atoms with Crippen molar-refractivity contribution >= 4 is 5.91 Å². The minimum Gasteiger partial charge on any atom is -0.334 e. The van der Waals surface area contributed by atoms with Crippen LogP contribution in [-0.4, -0.2) is 41.9 Å². The maximum atomic E-state index is 13.0. The molecule has 2 aliphatic heterocycles. The van der Waals surface area contributed by atoms with Crippen LogP contribution < -0.4 is 0 Å². The van der Waals surface area contributed by atoms with Crippen LogP contribution in [0.2, 0.25) is 0 Å².